The van der Waals surface area contributed by atoms with Crippen LogP contribution in [0.15, 0.2) is 121 Å². The van der Waals surface area contributed by atoms with Crippen LogP contribution in [0.4, 0.5) is 0 Å². The molecule has 0 aliphatic carbocycles. The molecule has 0 saturated carbocycles. The Labute approximate surface area is 409 Å². The Kier molecular flexibility index (Phi) is 22.7. The largest absolute Gasteiger partial charge is 0.508 e. The van der Waals surface area contributed by atoms with Gasteiger partial charge in [-0.3, -0.25) is 0 Å². The van der Waals surface area contributed by atoms with E-state index in [-0.39, 0.29) is 74.4 Å². The number of phenols is 4. The minimum absolute atomic E-state index is 0. The predicted molar refractivity (Wildman–Crippen MR) is 276 cm³/mol. The lowest BCUT2D eigenvalue weighted by Gasteiger charge is -2.21. The van der Waals surface area contributed by atoms with Gasteiger partial charge in [0.25, 0.3) is 0 Å². The van der Waals surface area contributed by atoms with Crippen LogP contribution >= 0.6 is 0 Å². The molecule has 0 atom stereocenters. The van der Waals surface area contributed by atoms with Crippen molar-refractivity contribution in [3.05, 3.63) is 166 Å². The maximum absolute atomic E-state index is 10.7. The van der Waals surface area contributed by atoms with E-state index >= 15 is 0 Å². The SMILES string of the molecule is C.C=C(Cc1ccc(O)c(C(C)(C)C)c1)C(=O)O.C=C(Cc1ccc(O)c(C(C)(C)C)c1)C(=O)O.C=C(Cc1ccc(O)c(C(C)(C)C)c1)C(=O)O.C=C(Cc1ccc(O)c(C(C)(C)C)c1)C(=O)O. The first kappa shape index (κ1) is 61.9. The number of carboxylic acids is 4. The molecule has 4 aromatic carbocycles. The summed E-state index contributed by atoms with van der Waals surface area (Å²) in [7, 11) is 0. The number of phenolic OH excluding ortho intramolecular Hbond substituents is 4. The van der Waals surface area contributed by atoms with Crippen LogP contribution in [0.3, 0.4) is 0 Å². The minimum Gasteiger partial charge on any atom is -0.508 e. The molecule has 0 fully saturated rings. The molecule has 0 heterocycles. The lowest BCUT2D eigenvalue weighted by molar-refractivity contribution is -0.133. The van der Waals surface area contributed by atoms with Crippen molar-refractivity contribution in [3.63, 3.8) is 0 Å². The first-order valence-electron chi connectivity index (χ1n) is 21.8. The molecule has 8 N–H and O–H groups in total. The predicted octanol–water partition coefficient (Wildman–Crippen LogP) is 12.1. The van der Waals surface area contributed by atoms with Gasteiger partial charge in [0.15, 0.2) is 0 Å². The van der Waals surface area contributed by atoms with E-state index in [0.29, 0.717) is 25.7 Å². The Morgan fingerprint density at radius 2 is 0.493 bits per heavy atom. The Bertz CT molecular complexity index is 2160. The lowest BCUT2D eigenvalue weighted by atomic mass is 9.85. The summed E-state index contributed by atoms with van der Waals surface area (Å²) in [6.07, 6.45) is 1.16. The van der Waals surface area contributed by atoms with Crippen molar-refractivity contribution in [1.29, 1.82) is 0 Å². The Morgan fingerprint density at radius 1 is 0.348 bits per heavy atom. The van der Waals surface area contributed by atoms with Gasteiger partial charge in [-0.2, -0.15) is 0 Å². The molecule has 0 radical (unpaired) electrons. The van der Waals surface area contributed by atoms with E-state index in [0.717, 1.165) is 44.5 Å². The van der Waals surface area contributed by atoms with Crippen LogP contribution in [0, 0.1) is 0 Å². The molecule has 0 aromatic heterocycles. The summed E-state index contributed by atoms with van der Waals surface area (Å²) in [6, 6.07) is 20.6. The van der Waals surface area contributed by atoms with Gasteiger partial charge in [0, 0.05) is 48.0 Å². The third-order valence-corrected chi connectivity index (χ3v) is 10.4. The van der Waals surface area contributed by atoms with E-state index in [1.165, 1.54) is 0 Å². The number of hydrogen-bond donors (Lipinski definition) is 8. The number of benzene rings is 4. The maximum atomic E-state index is 10.7. The number of carboxylic acid groups (broad SMARTS) is 4. The summed E-state index contributed by atoms with van der Waals surface area (Å²) < 4.78 is 0. The number of carbonyl (C=O) groups is 4. The second-order valence-electron chi connectivity index (χ2n) is 20.7. The van der Waals surface area contributed by atoms with Gasteiger partial charge in [0.1, 0.15) is 23.0 Å². The third-order valence-electron chi connectivity index (χ3n) is 10.4. The fourth-order valence-corrected chi connectivity index (χ4v) is 6.46. The van der Waals surface area contributed by atoms with Gasteiger partial charge in [0.2, 0.25) is 0 Å². The molecule has 0 amide bonds. The van der Waals surface area contributed by atoms with E-state index < -0.39 is 23.9 Å². The second-order valence-corrected chi connectivity index (χ2v) is 20.7. The monoisotopic (exact) mass is 953 g/mol. The molecule has 0 aliphatic heterocycles. The highest BCUT2D eigenvalue weighted by Crippen LogP contribution is 2.35. The zero-order chi connectivity index (χ0) is 52.9. The summed E-state index contributed by atoms with van der Waals surface area (Å²) in [5.74, 6) is -3.01. The van der Waals surface area contributed by atoms with Crippen LogP contribution in [0.25, 0.3) is 0 Å². The Morgan fingerprint density at radius 3 is 0.609 bits per heavy atom. The molecule has 12 heteroatoms. The molecule has 376 valence electrons. The van der Waals surface area contributed by atoms with Gasteiger partial charge in [-0.15, -0.1) is 0 Å². The number of aromatic hydroxyl groups is 4. The van der Waals surface area contributed by atoms with Gasteiger partial charge in [0.05, 0.1) is 0 Å². The molecule has 0 bridgehead atoms. The molecular weight excluding hydrogens is 877 g/mol. The van der Waals surface area contributed by atoms with Crippen molar-refractivity contribution >= 4 is 23.9 Å². The van der Waals surface area contributed by atoms with E-state index in [1.54, 1.807) is 48.5 Å². The summed E-state index contributed by atoms with van der Waals surface area (Å²) in [4.78, 5) is 42.8. The summed E-state index contributed by atoms with van der Waals surface area (Å²) in [5, 5.41) is 74.2. The van der Waals surface area contributed by atoms with Crippen LogP contribution in [0.5, 0.6) is 23.0 Å². The van der Waals surface area contributed by atoms with Gasteiger partial charge in [-0.25, -0.2) is 19.2 Å². The maximum Gasteiger partial charge on any atom is 0.331 e. The number of rotatable bonds is 12. The topological polar surface area (TPSA) is 230 Å². The van der Waals surface area contributed by atoms with Gasteiger partial charge in [-0.1, -0.05) is 165 Å². The van der Waals surface area contributed by atoms with E-state index in [9.17, 15) is 39.6 Å². The average molecular weight is 953 g/mol. The Balaban J connectivity index is 0.000000889. The summed E-state index contributed by atoms with van der Waals surface area (Å²) >= 11 is 0. The number of aliphatic carboxylic acids is 4. The zero-order valence-electron chi connectivity index (χ0n) is 41.8. The lowest BCUT2D eigenvalue weighted by Crippen LogP contribution is -2.12. The van der Waals surface area contributed by atoms with Crippen molar-refractivity contribution in [2.75, 3.05) is 0 Å². The zero-order valence-corrected chi connectivity index (χ0v) is 41.8. The molecule has 0 aliphatic rings. The van der Waals surface area contributed by atoms with E-state index in [1.807, 2.05) is 107 Å². The molecule has 69 heavy (non-hydrogen) atoms. The second kappa shape index (κ2) is 25.3. The summed E-state index contributed by atoms with van der Waals surface area (Å²) in [5.41, 5.74) is 6.53. The molecule has 4 aromatic rings. The van der Waals surface area contributed by atoms with Gasteiger partial charge >= 0.3 is 23.9 Å². The van der Waals surface area contributed by atoms with Crippen molar-refractivity contribution in [3.8, 4) is 23.0 Å². The fraction of sp³-hybridized carbons (Fsp3) is 0.368. The highest BCUT2D eigenvalue weighted by Gasteiger charge is 2.22. The minimum atomic E-state index is -0.990. The normalized spacial score (nSPS) is 11.1. The molecule has 0 saturated heterocycles. The summed E-state index contributed by atoms with van der Waals surface area (Å²) in [6.45, 7) is 38.0. The molecule has 12 nitrogen and oxygen atoms in total. The first-order valence-corrected chi connectivity index (χ1v) is 21.8. The van der Waals surface area contributed by atoms with Crippen LogP contribution in [0.1, 0.15) is 135 Å². The van der Waals surface area contributed by atoms with Crippen LogP contribution in [-0.2, 0) is 66.5 Å². The smallest absolute Gasteiger partial charge is 0.331 e. The molecule has 4 rings (SSSR count). The van der Waals surface area contributed by atoms with Crippen LogP contribution < -0.4 is 0 Å². The van der Waals surface area contributed by atoms with Crippen molar-refractivity contribution in [1.82, 2.24) is 0 Å². The molecule has 0 unspecified atom stereocenters. The fourth-order valence-electron chi connectivity index (χ4n) is 6.46. The van der Waals surface area contributed by atoms with Crippen molar-refractivity contribution in [2.24, 2.45) is 0 Å². The molecular formula is C57H76O12. The highest BCUT2D eigenvalue weighted by atomic mass is 16.4. The van der Waals surface area contributed by atoms with Crippen LogP contribution in [0.2, 0.25) is 0 Å². The standard InChI is InChI=1S/4C14H18O3.CH4/c4*1-9(13(16)17)7-10-5-6-12(15)11(8-10)14(2,3)4;/h4*5-6,8,15H,1,7H2,2-4H3,(H,16,17);1H4. The average Bonchev–Trinajstić information content (AvgIpc) is 3.19. The number of hydrogen-bond acceptors (Lipinski definition) is 8. The first-order chi connectivity index (χ1) is 30.9. The van der Waals surface area contributed by atoms with E-state index in [4.69, 9.17) is 20.4 Å². The van der Waals surface area contributed by atoms with Crippen molar-refractivity contribution in [2.45, 2.75) is 138 Å². The molecule has 0 spiro atoms. The Hall–Kier alpha value is -7.08. The van der Waals surface area contributed by atoms with Crippen LogP contribution in [-0.4, -0.2) is 64.7 Å². The quantitative estimate of drug-likeness (QED) is 0.0620. The van der Waals surface area contributed by atoms with Crippen molar-refractivity contribution < 1.29 is 60.0 Å². The highest BCUT2D eigenvalue weighted by molar-refractivity contribution is 5.87. The van der Waals surface area contributed by atoms with Gasteiger partial charge in [-0.05, 0) is 90.4 Å². The van der Waals surface area contributed by atoms with E-state index in [2.05, 4.69) is 26.3 Å². The third kappa shape index (κ3) is 20.8. The van der Waals surface area contributed by atoms with Gasteiger partial charge < -0.3 is 40.9 Å².